The maximum Gasteiger partial charge on any atom is 0.319 e. The summed E-state index contributed by atoms with van der Waals surface area (Å²) in [7, 11) is -3.49. The van der Waals surface area contributed by atoms with E-state index >= 15 is 0 Å². The molecule has 3 aromatic carbocycles. The third-order valence-corrected chi connectivity index (χ3v) is 7.62. The van der Waals surface area contributed by atoms with E-state index in [4.69, 9.17) is 0 Å². The number of carbonyl (C=O) groups excluding carboxylic acids is 1. The highest BCUT2D eigenvalue weighted by Gasteiger charge is 2.18. The molecule has 1 fully saturated rings. The van der Waals surface area contributed by atoms with Gasteiger partial charge in [-0.2, -0.15) is 0 Å². The summed E-state index contributed by atoms with van der Waals surface area (Å²) in [6.45, 7) is 2.93. The van der Waals surface area contributed by atoms with Crippen molar-refractivity contribution in [2.75, 3.05) is 11.9 Å². The number of anilines is 1. The molecule has 1 aliphatic heterocycles. The highest BCUT2D eigenvalue weighted by molar-refractivity contribution is 7.90. The van der Waals surface area contributed by atoms with E-state index < -0.39 is 9.84 Å². The molecule has 0 aromatic heterocycles. The number of hydrogen-bond acceptors (Lipinski definition) is 4. The molecule has 4 rings (SSSR count). The molecule has 3 aromatic rings. The van der Waals surface area contributed by atoms with Gasteiger partial charge in [0.05, 0.1) is 16.7 Å². The number of amides is 2. The monoisotopic (exact) mass is 463 g/mol. The Labute approximate surface area is 195 Å². The number of nitrogens with one attached hydrogen (secondary N) is 3. The summed E-state index contributed by atoms with van der Waals surface area (Å²) >= 11 is 0. The average Bonchev–Trinajstić information content (AvgIpc) is 3.35. The van der Waals surface area contributed by atoms with Crippen LogP contribution in [-0.2, 0) is 15.6 Å². The Bertz CT molecular complexity index is 1170. The standard InChI is InChI=1S/C26H29N3O3S/c1-19(21-6-3-2-4-7-21)28-26(30)29-23-13-15-24(16-14-23)33(31,32)18-20-9-11-22(12-10-20)25-8-5-17-27-25/h2-4,6-7,9-16,19,25,27H,5,8,17-18H2,1H3,(H2,28,29,30)/t19-,25?/m0/s1. The maximum atomic E-state index is 12.9. The van der Waals surface area contributed by atoms with Crippen LogP contribution in [0.5, 0.6) is 0 Å². The zero-order valence-corrected chi connectivity index (χ0v) is 19.4. The third-order valence-electron chi connectivity index (χ3n) is 5.92. The SMILES string of the molecule is C[C@H](NC(=O)Nc1ccc(S(=O)(=O)Cc2ccc(C3CCCN3)cc2)cc1)c1ccccc1. The van der Waals surface area contributed by atoms with E-state index in [1.165, 1.54) is 24.1 Å². The molecule has 172 valence electrons. The van der Waals surface area contributed by atoms with E-state index in [1.807, 2.05) is 61.5 Å². The molecular formula is C26H29N3O3S. The van der Waals surface area contributed by atoms with E-state index in [-0.39, 0.29) is 22.7 Å². The molecule has 2 atom stereocenters. The Morgan fingerprint density at radius 3 is 2.33 bits per heavy atom. The van der Waals surface area contributed by atoms with Gasteiger partial charge in [-0.05, 0) is 67.3 Å². The van der Waals surface area contributed by atoms with E-state index in [9.17, 15) is 13.2 Å². The Morgan fingerprint density at radius 1 is 1.00 bits per heavy atom. The third kappa shape index (κ3) is 6.00. The second-order valence-electron chi connectivity index (χ2n) is 8.40. The Morgan fingerprint density at radius 2 is 1.70 bits per heavy atom. The quantitative estimate of drug-likeness (QED) is 0.462. The van der Waals surface area contributed by atoms with Crippen LogP contribution in [0.4, 0.5) is 10.5 Å². The van der Waals surface area contributed by atoms with Gasteiger partial charge in [0.25, 0.3) is 0 Å². The van der Waals surface area contributed by atoms with E-state index in [0.29, 0.717) is 11.7 Å². The Balaban J connectivity index is 1.35. The van der Waals surface area contributed by atoms with Gasteiger partial charge in [0.2, 0.25) is 0 Å². The lowest BCUT2D eigenvalue weighted by atomic mass is 10.0. The maximum absolute atomic E-state index is 12.9. The summed E-state index contributed by atoms with van der Waals surface area (Å²) in [4.78, 5) is 12.5. The van der Waals surface area contributed by atoms with Gasteiger partial charge in [0.15, 0.2) is 9.84 Å². The van der Waals surface area contributed by atoms with Crippen LogP contribution >= 0.6 is 0 Å². The summed E-state index contributed by atoms with van der Waals surface area (Å²) in [5.41, 5.74) is 3.49. The lowest BCUT2D eigenvalue weighted by molar-refractivity contribution is 0.249. The fourth-order valence-electron chi connectivity index (χ4n) is 4.05. The lowest BCUT2D eigenvalue weighted by Gasteiger charge is -2.15. The zero-order chi connectivity index (χ0) is 23.3. The van der Waals surface area contributed by atoms with Gasteiger partial charge in [-0.1, -0.05) is 54.6 Å². The number of urea groups is 1. The van der Waals surface area contributed by atoms with Crippen molar-refractivity contribution in [1.29, 1.82) is 0 Å². The summed E-state index contributed by atoms with van der Waals surface area (Å²) in [6, 6.07) is 23.6. The van der Waals surface area contributed by atoms with Crippen molar-refractivity contribution in [2.24, 2.45) is 0 Å². The van der Waals surface area contributed by atoms with Crippen LogP contribution < -0.4 is 16.0 Å². The lowest BCUT2D eigenvalue weighted by Crippen LogP contribution is -2.31. The molecule has 0 radical (unpaired) electrons. The van der Waals surface area contributed by atoms with Crippen molar-refractivity contribution in [2.45, 2.75) is 42.5 Å². The van der Waals surface area contributed by atoms with Gasteiger partial charge < -0.3 is 16.0 Å². The van der Waals surface area contributed by atoms with Gasteiger partial charge in [0, 0.05) is 11.7 Å². The zero-order valence-electron chi connectivity index (χ0n) is 18.6. The minimum atomic E-state index is -3.49. The molecule has 0 aliphatic carbocycles. The number of carbonyl (C=O) groups is 1. The molecule has 33 heavy (non-hydrogen) atoms. The van der Waals surface area contributed by atoms with Crippen molar-refractivity contribution in [3.63, 3.8) is 0 Å². The summed E-state index contributed by atoms with van der Waals surface area (Å²) in [5.74, 6) is -0.0623. The van der Waals surface area contributed by atoms with Gasteiger partial charge in [-0.3, -0.25) is 0 Å². The molecule has 0 bridgehead atoms. The minimum absolute atomic E-state index is 0.0623. The number of rotatable bonds is 7. The van der Waals surface area contributed by atoms with Crippen LogP contribution in [0.2, 0.25) is 0 Å². The first-order chi connectivity index (χ1) is 15.9. The van der Waals surface area contributed by atoms with Crippen LogP contribution in [0.1, 0.15) is 48.5 Å². The van der Waals surface area contributed by atoms with Crippen molar-refractivity contribution in [3.8, 4) is 0 Å². The van der Waals surface area contributed by atoms with E-state index in [1.54, 1.807) is 12.1 Å². The van der Waals surface area contributed by atoms with Crippen molar-refractivity contribution in [1.82, 2.24) is 10.6 Å². The van der Waals surface area contributed by atoms with Crippen molar-refractivity contribution < 1.29 is 13.2 Å². The molecule has 7 heteroatoms. The first kappa shape index (κ1) is 23.0. The largest absolute Gasteiger partial charge is 0.331 e. The topological polar surface area (TPSA) is 87.3 Å². The predicted octanol–water partition coefficient (Wildman–Crippen LogP) is 4.97. The fourth-order valence-corrected chi connectivity index (χ4v) is 5.40. The highest BCUT2D eigenvalue weighted by Crippen LogP contribution is 2.25. The number of benzene rings is 3. The van der Waals surface area contributed by atoms with Gasteiger partial charge in [-0.25, -0.2) is 13.2 Å². The Kier molecular flexibility index (Phi) is 7.11. The van der Waals surface area contributed by atoms with Gasteiger partial charge >= 0.3 is 6.03 Å². The molecule has 1 aliphatic rings. The molecular weight excluding hydrogens is 434 g/mol. The first-order valence-corrected chi connectivity index (χ1v) is 12.8. The van der Waals surface area contributed by atoms with Gasteiger partial charge in [0.1, 0.15) is 0 Å². The number of sulfone groups is 1. The van der Waals surface area contributed by atoms with Crippen LogP contribution in [0.25, 0.3) is 0 Å². The summed E-state index contributed by atoms with van der Waals surface area (Å²) in [6.07, 6.45) is 2.28. The molecule has 1 heterocycles. The van der Waals surface area contributed by atoms with E-state index in [2.05, 4.69) is 16.0 Å². The van der Waals surface area contributed by atoms with Crippen molar-refractivity contribution in [3.05, 3.63) is 95.6 Å². The minimum Gasteiger partial charge on any atom is -0.331 e. The first-order valence-electron chi connectivity index (χ1n) is 11.2. The Hall–Kier alpha value is -3.16. The average molecular weight is 464 g/mol. The van der Waals surface area contributed by atoms with Crippen LogP contribution in [0.3, 0.4) is 0 Å². The van der Waals surface area contributed by atoms with Gasteiger partial charge in [-0.15, -0.1) is 0 Å². The smallest absolute Gasteiger partial charge is 0.319 e. The predicted molar refractivity (Wildman–Crippen MR) is 131 cm³/mol. The normalized spacial score (nSPS) is 16.8. The van der Waals surface area contributed by atoms with E-state index in [0.717, 1.165) is 24.1 Å². The van der Waals surface area contributed by atoms with Crippen LogP contribution in [0, 0.1) is 0 Å². The van der Waals surface area contributed by atoms with Crippen LogP contribution in [0.15, 0.2) is 83.8 Å². The molecule has 3 N–H and O–H groups in total. The van der Waals surface area contributed by atoms with Crippen molar-refractivity contribution >= 4 is 21.6 Å². The highest BCUT2D eigenvalue weighted by atomic mass is 32.2. The number of hydrogen-bond donors (Lipinski definition) is 3. The molecule has 0 spiro atoms. The van der Waals surface area contributed by atoms with Crippen LogP contribution in [-0.4, -0.2) is 21.0 Å². The summed E-state index contributed by atoms with van der Waals surface area (Å²) in [5, 5.41) is 9.08. The molecule has 1 unspecified atom stereocenters. The fraction of sp³-hybridized carbons (Fsp3) is 0.269. The summed E-state index contributed by atoms with van der Waals surface area (Å²) < 4.78 is 25.7. The molecule has 2 amide bonds. The molecule has 0 saturated carbocycles. The second kappa shape index (κ2) is 10.2. The molecule has 6 nitrogen and oxygen atoms in total. The molecule has 1 saturated heterocycles. The second-order valence-corrected chi connectivity index (χ2v) is 10.4.